The Morgan fingerprint density at radius 3 is 2.51 bits per heavy atom. The molecule has 2 heterocycles. The van der Waals surface area contributed by atoms with Gasteiger partial charge < -0.3 is 15.0 Å². The summed E-state index contributed by atoms with van der Waals surface area (Å²) in [6, 6.07) is 9.81. The number of fused-ring (bicyclic) bond motifs is 2. The number of halogens is 6. The Morgan fingerprint density at radius 1 is 1.05 bits per heavy atom. The van der Waals surface area contributed by atoms with Gasteiger partial charge in [0.05, 0.1) is 27.9 Å². The zero-order valence-corrected chi connectivity index (χ0v) is 20.9. The van der Waals surface area contributed by atoms with Crippen LogP contribution in [0.1, 0.15) is 37.8 Å². The maximum Gasteiger partial charge on any atom is 0.418 e. The molecule has 1 aliphatic heterocycles. The molecule has 1 unspecified atom stereocenters. The van der Waals surface area contributed by atoms with E-state index in [0.717, 1.165) is 17.5 Å². The first kappa shape index (κ1) is 26.5. The van der Waals surface area contributed by atoms with Gasteiger partial charge in [-0.3, -0.25) is 5.32 Å². The van der Waals surface area contributed by atoms with Gasteiger partial charge in [0.25, 0.3) is 0 Å². The molecule has 0 fully saturated rings. The first-order valence-corrected chi connectivity index (χ1v) is 12.0. The van der Waals surface area contributed by atoms with E-state index in [0.29, 0.717) is 11.1 Å². The predicted molar refractivity (Wildman–Crippen MR) is 135 cm³/mol. The summed E-state index contributed by atoms with van der Waals surface area (Å²) in [5.41, 5.74) is -2.34. The van der Waals surface area contributed by atoms with Gasteiger partial charge in [0.1, 0.15) is 23.6 Å². The van der Waals surface area contributed by atoms with Crippen LogP contribution in [-0.2, 0) is 10.9 Å². The standard InChI is InChI=1S/C28H23F6N3O2/c1-13-21-20(12-18(30)22(23(21)31)16-6-4-5-14-9-10-35-24(14)16)37-27(2,3)25(13)39-26(38)36-19-8-7-15(29)11-17(19)28(32,33)34/h4-13,25,35,37H,1-3H3,(H,36,38)/t13-,25?/m0/s1. The summed E-state index contributed by atoms with van der Waals surface area (Å²) in [6.45, 7) is 4.85. The van der Waals surface area contributed by atoms with Crippen LogP contribution < -0.4 is 10.6 Å². The second-order valence-electron chi connectivity index (χ2n) is 10.0. The molecule has 0 bridgehead atoms. The lowest BCUT2D eigenvalue weighted by molar-refractivity contribution is -0.137. The third-order valence-corrected chi connectivity index (χ3v) is 6.95. The lowest BCUT2D eigenvalue weighted by Crippen LogP contribution is -2.52. The summed E-state index contributed by atoms with van der Waals surface area (Å²) in [5.74, 6) is -3.61. The van der Waals surface area contributed by atoms with Crippen molar-refractivity contribution in [3.63, 3.8) is 0 Å². The number of hydrogen-bond donors (Lipinski definition) is 3. The average molecular weight is 547 g/mol. The molecule has 3 N–H and O–H groups in total. The molecule has 0 aliphatic carbocycles. The van der Waals surface area contributed by atoms with Crippen LogP contribution in [0.4, 0.5) is 42.5 Å². The normalized spacial score (nSPS) is 18.4. The number of ether oxygens (including phenoxy) is 1. The van der Waals surface area contributed by atoms with Crippen LogP contribution in [0.15, 0.2) is 54.7 Å². The third-order valence-electron chi connectivity index (χ3n) is 6.95. The number of carbonyl (C=O) groups excluding carboxylic acids is 1. The number of aromatic amines is 1. The maximum atomic E-state index is 16.1. The summed E-state index contributed by atoms with van der Waals surface area (Å²) in [4.78, 5) is 15.7. The minimum atomic E-state index is -4.94. The lowest BCUT2D eigenvalue weighted by atomic mass is 9.77. The van der Waals surface area contributed by atoms with E-state index in [-0.39, 0.29) is 22.9 Å². The third kappa shape index (κ3) is 4.66. The monoisotopic (exact) mass is 547 g/mol. The Morgan fingerprint density at radius 2 is 1.79 bits per heavy atom. The molecule has 204 valence electrons. The van der Waals surface area contributed by atoms with E-state index in [4.69, 9.17) is 4.74 Å². The average Bonchev–Trinajstić information content (AvgIpc) is 3.31. The molecule has 0 saturated heterocycles. The highest BCUT2D eigenvalue weighted by Gasteiger charge is 2.45. The Balaban J connectivity index is 1.50. The Kier molecular flexibility index (Phi) is 6.27. The molecule has 1 aliphatic rings. The number of alkyl halides is 3. The van der Waals surface area contributed by atoms with E-state index in [1.165, 1.54) is 6.07 Å². The van der Waals surface area contributed by atoms with Gasteiger partial charge in [0.2, 0.25) is 0 Å². The molecule has 1 aromatic heterocycles. The van der Waals surface area contributed by atoms with E-state index in [1.54, 1.807) is 51.2 Å². The molecular formula is C28H23F6N3O2. The van der Waals surface area contributed by atoms with Crippen LogP contribution in [0.2, 0.25) is 0 Å². The molecule has 5 nitrogen and oxygen atoms in total. The SMILES string of the molecule is C[C@H]1c2c(cc(F)c(-c3cccc4cc[nH]c34)c2F)NC(C)(C)C1OC(=O)Nc1ccc(F)cc1C(F)(F)F. The molecule has 0 saturated carbocycles. The Bertz CT molecular complexity index is 1590. The smallest absolute Gasteiger partial charge is 0.418 e. The molecule has 39 heavy (non-hydrogen) atoms. The van der Waals surface area contributed by atoms with Gasteiger partial charge in [-0.05, 0) is 49.6 Å². The van der Waals surface area contributed by atoms with Crippen molar-refractivity contribution in [2.24, 2.45) is 0 Å². The number of anilines is 2. The number of H-pyrrole nitrogens is 1. The van der Waals surface area contributed by atoms with Crippen molar-refractivity contribution >= 4 is 28.4 Å². The quantitative estimate of drug-likeness (QED) is 0.227. The molecule has 2 atom stereocenters. The van der Waals surface area contributed by atoms with Gasteiger partial charge in [-0.1, -0.05) is 25.1 Å². The Labute approximate surface area is 219 Å². The van der Waals surface area contributed by atoms with Crippen molar-refractivity contribution in [3.8, 4) is 11.1 Å². The number of hydrogen-bond acceptors (Lipinski definition) is 3. The predicted octanol–water partition coefficient (Wildman–Crippen LogP) is 8.20. The van der Waals surface area contributed by atoms with Crippen LogP contribution in [0.5, 0.6) is 0 Å². The summed E-state index contributed by atoms with van der Waals surface area (Å²) < 4.78 is 90.6. The highest BCUT2D eigenvalue weighted by Crippen LogP contribution is 2.46. The minimum Gasteiger partial charge on any atom is -0.443 e. The fraction of sp³-hybridized carbons (Fsp3) is 0.250. The van der Waals surface area contributed by atoms with Crippen LogP contribution >= 0.6 is 0 Å². The van der Waals surface area contributed by atoms with Crippen molar-refractivity contribution in [2.75, 3.05) is 10.6 Å². The second-order valence-corrected chi connectivity index (χ2v) is 10.0. The van der Waals surface area contributed by atoms with Gasteiger partial charge in [-0.25, -0.2) is 18.0 Å². The second kappa shape index (κ2) is 9.25. The van der Waals surface area contributed by atoms with Gasteiger partial charge >= 0.3 is 12.3 Å². The topological polar surface area (TPSA) is 66.1 Å². The van der Waals surface area contributed by atoms with Gasteiger partial charge in [0, 0.05) is 28.9 Å². The largest absolute Gasteiger partial charge is 0.443 e. The van der Waals surface area contributed by atoms with Crippen molar-refractivity contribution < 1.29 is 35.9 Å². The van der Waals surface area contributed by atoms with Gasteiger partial charge in [-0.15, -0.1) is 0 Å². The molecular weight excluding hydrogens is 524 g/mol. The van der Waals surface area contributed by atoms with Crippen molar-refractivity contribution in [1.29, 1.82) is 0 Å². The number of aromatic nitrogens is 1. The number of carbonyl (C=O) groups is 1. The molecule has 1 amide bonds. The highest BCUT2D eigenvalue weighted by molar-refractivity contribution is 5.95. The number of rotatable bonds is 3. The van der Waals surface area contributed by atoms with Crippen LogP contribution in [0, 0.1) is 17.5 Å². The van der Waals surface area contributed by atoms with E-state index in [1.807, 2.05) is 5.32 Å². The van der Waals surface area contributed by atoms with Crippen LogP contribution in [0.3, 0.4) is 0 Å². The summed E-state index contributed by atoms with van der Waals surface area (Å²) >= 11 is 0. The zero-order chi connectivity index (χ0) is 28.3. The van der Waals surface area contributed by atoms with E-state index >= 15 is 8.78 Å². The summed E-state index contributed by atoms with van der Waals surface area (Å²) in [7, 11) is 0. The molecule has 0 spiro atoms. The van der Waals surface area contributed by atoms with Crippen LogP contribution in [-0.4, -0.2) is 22.7 Å². The number of nitrogens with one attached hydrogen (secondary N) is 3. The zero-order valence-electron chi connectivity index (χ0n) is 20.9. The van der Waals surface area contributed by atoms with Gasteiger partial charge in [-0.2, -0.15) is 13.2 Å². The number of benzene rings is 3. The number of amides is 1. The van der Waals surface area contributed by atoms with E-state index in [2.05, 4.69) is 10.3 Å². The molecule has 11 heteroatoms. The van der Waals surface area contributed by atoms with E-state index in [9.17, 15) is 22.4 Å². The number of para-hydroxylation sites is 1. The molecule has 5 rings (SSSR count). The maximum absolute atomic E-state index is 16.1. The molecule has 4 aromatic rings. The fourth-order valence-electron chi connectivity index (χ4n) is 5.28. The first-order chi connectivity index (χ1) is 18.3. The summed E-state index contributed by atoms with van der Waals surface area (Å²) in [5, 5.41) is 5.78. The minimum absolute atomic E-state index is 0.0600. The van der Waals surface area contributed by atoms with Crippen LogP contribution in [0.25, 0.3) is 22.0 Å². The van der Waals surface area contributed by atoms with Crippen molar-refractivity contribution in [3.05, 3.63) is 83.3 Å². The first-order valence-electron chi connectivity index (χ1n) is 12.0. The van der Waals surface area contributed by atoms with Crippen molar-refractivity contribution in [2.45, 2.75) is 44.5 Å². The highest BCUT2D eigenvalue weighted by atomic mass is 19.4. The Hall–Kier alpha value is -4.15. The lowest BCUT2D eigenvalue weighted by Gasteiger charge is -2.44. The molecule has 0 radical (unpaired) electrons. The summed E-state index contributed by atoms with van der Waals surface area (Å²) in [6.07, 6.45) is -5.62. The van der Waals surface area contributed by atoms with Gasteiger partial charge in [0.15, 0.2) is 0 Å². The molecule has 3 aromatic carbocycles. The fourth-order valence-corrected chi connectivity index (χ4v) is 5.28. The van der Waals surface area contributed by atoms with E-state index < -0.39 is 58.5 Å². The van der Waals surface area contributed by atoms with Crippen molar-refractivity contribution in [1.82, 2.24) is 4.98 Å².